The van der Waals surface area contributed by atoms with Crippen LogP contribution in [0.3, 0.4) is 0 Å². The second-order valence-electron chi connectivity index (χ2n) is 5.66. The average Bonchev–Trinajstić information content (AvgIpc) is 3.19. The summed E-state index contributed by atoms with van der Waals surface area (Å²) in [4.78, 5) is 0. The molecule has 0 saturated heterocycles. The lowest BCUT2D eigenvalue weighted by Gasteiger charge is -2.08. The molecule has 0 unspecified atom stereocenters. The molecule has 1 nitrogen and oxygen atoms in total. The van der Waals surface area contributed by atoms with E-state index in [9.17, 15) is 0 Å². The SMILES string of the molecule is C1=CC(=c2ccc(=C(c3ccccc3)c3ccccc3)cc2)[O+]=C1. The molecule has 1 aliphatic rings. The third-order valence-corrected chi connectivity index (χ3v) is 4.10. The number of benzene rings is 3. The Bertz CT molecular complexity index is 947. The maximum Gasteiger partial charge on any atom is 0.360 e. The van der Waals surface area contributed by atoms with Crippen LogP contribution in [0.5, 0.6) is 0 Å². The number of rotatable bonds is 2. The normalized spacial score (nSPS) is 12.6. The second kappa shape index (κ2) is 6.51. The van der Waals surface area contributed by atoms with E-state index in [0.717, 1.165) is 11.0 Å². The summed E-state index contributed by atoms with van der Waals surface area (Å²) in [5, 5.41) is 2.28. The number of allylic oxidation sites excluding steroid dienone is 1. The van der Waals surface area contributed by atoms with Gasteiger partial charge in [0.05, 0.1) is 11.3 Å². The lowest BCUT2D eigenvalue weighted by Crippen LogP contribution is -2.13. The minimum Gasteiger partial charge on any atom is -0.216 e. The molecular weight excluding hydrogens is 292 g/mol. The van der Waals surface area contributed by atoms with E-state index in [2.05, 4.69) is 72.8 Å². The van der Waals surface area contributed by atoms with Crippen molar-refractivity contribution in [1.29, 1.82) is 0 Å². The average molecular weight is 309 g/mol. The third-order valence-electron chi connectivity index (χ3n) is 4.10. The number of carbonyl (C=O) groups excluding carboxylic acids is 1. The Morgan fingerprint density at radius 3 is 1.71 bits per heavy atom. The molecule has 0 radical (unpaired) electrons. The molecule has 0 aromatic heterocycles. The predicted octanol–water partition coefficient (Wildman–Crippen LogP) is 3.35. The van der Waals surface area contributed by atoms with Gasteiger partial charge in [0, 0.05) is 6.08 Å². The highest BCUT2D eigenvalue weighted by Gasteiger charge is 2.09. The summed E-state index contributed by atoms with van der Waals surface area (Å²) in [5.41, 5.74) is 3.67. The minimum absolute atomic E-state index is 0.891. The molecular formula is C23H17O+. The van der Waals surface area contributed by atoms with Gasteiger partial charge in [-0.15, -0.1) is 0 Å². The van der Waals surface area contributed by atoms with Gasteiger partial charge < -0.3 is 0 Å². The summed E-state index contributed by atoms with van der Waals surface area (Å²) < 4.78 is 5.48. The molecule has 3 aromatic rings. The molecule has 0 fully saturated rings. The van der Waals surface area contributed by atoms with Gasteiger partial charge in [0.1, 0.15) is 0 Å². The summed E-state index contributed by atoms with van der Waals surface area (Å²) >= 11 is 0. The van der Waals surface area contributed by atoms with Crippen LogP contribution in [0.2, 0.25) is 0 Å². The standard InChI is InChI=1S/C23H17O/c1-3-8-19(9-4-1)23(20-10-5-2-6-11-20)21-15-13-18(14-16-21)22-12-7-17-24-22/h1-17H/q+1. The molecule has 114 valence electrons. The van der Waals surface area contributed by atoms with E-state index < -0.39 is 0 Å². The van der Waals surface area contributed by atoms with Crippen molar-refractivity contribution in [3.05, 3.63) is 119 Å². The smallest absolute Gasteiger partial charge is 0.216 e. The lowest BCUT2D eigenvalue weighted by atomic mass is 9.95. The number of aldehydes is 1. The van der Waals surface area contributed by atoms with Gasteiger partial charge in [0.2, 0.25) is 0 Å². The van der Waals surface area contributed by atoms with Crippen molar-refractivity contribution in [2.45, 2.75) is 0 Å². The van der Waals surface area contributed by atoms with Gasteiger partial charge in [0.25, 0.3) is 0 Å². The zero-order chi connectivity index (χ0) is 16.2. The van der Waals surface area contributed by atoms with Gasteiger partial charge in [-0.1, -0.05) is 72.8 Å². The zero-order valence-electron chi connectivity index (χ0n) is 13.2. The highest BCUT2D eigenvalue weighted by Crippen LogP contribution is 2.20. The first-order valence-electron chi connectivity index (χ1n) is 8.04. The first-order valence-corrected chi connectivity index (χ1v) is 8.04. The van der Waals surface area contributed by atoms with Crippen LogP contribution < -0.4 is 10.4 Å². The van der Waals surface area contributed by atoms with Gasteiger partial charge in [-0.05, 0) is 34.1 Å². The van der Waals surface area contributed by atoms with E-state index in [4.69, 9.17) is 4.42 Å². The molecule has 0 spiro atoms. The van der Waals surface area contributed by atoms with Crippen molar-refractivity contribution in [2.24, 2.45) is 0 Å². The first-order chi connectivity index (χ1) is 11.9. The number of hydrogen-bond acceptors (Lipinski definition) is 0. The van der Waals surface area contributed by atoms with Crippen molar-refractivity contribution in [1.82, 2.24) is 0 Å². The molecule has 0 saturated carbocycles. The van der Waals surface area contributed by atoms with Crippen LogP contribution in [0.1, 0.15) is 11.1 Å². The Labute approximate surface area is 141 Å². The second-order valence-corrected chi connectivity index (χ2v) is 5.66. The fourth-order valence-electron chi connectivity index (χ4n) is 2.95. The Morgan fingerprint density at radius 1 is 0.625 bits per heavy atom. The molecule has 1 aliphatic heterocycles. The molecule has 1 heterocycles. The van der Waals surface area contributed by atoms with Crippen molar-refractivity contribution >= 4 is 17.6 Å². The molecule has 3 aromatic carbocycles. The maximum atomic E-state index is 5.48. The quantitative estimate of drug-likeness (QED) is 0.508. The summed E-state index contributed by atoms with van der Waals surface area (Å²) in [5.74, 6) is 0.891. The van der Waals surface area contributed by atoms with E-state index in [1.54, 1.807) is 6.29 Å². The minimum atomic E-state index is 0.891. The van der Waals surface area contributed by atoms with Crippen molar-refractivity contribution < 1.29 is 4.42 Å². The molecule has 0 bridgehead atoms. The van der Waals surface area contributed by atoms with Crippen LogP contribution in [0, 0.1) is 0 Å². The molecule has 0 aliphatic carbocycles. The summed E-state index contributed by atoms with van der Waals surface area (Å²) in [6.07, 6.45) is 5.59. The Morgan fingerprint density at radius 2 is 1.21 bits per heavy atom. The largest absolute Gasteiger partial charge is 0.360 e. The van der Waals surface area contributed by atoms with Crippen molar-refractivity contribution in [3.8, 4) is 0 Å². The lowest BCUT2D eigenvalue weighted by molar-refractivity contribution is -0.333. The van der Waals surface area contributed by atoms with E-state index in [-0.39, 0.29) is 0 Å². The van der Waals surface area contributed by atoms with Crippen LogP contribution in [0.15, 0.2) is 97.1 Å². The van der Waals surface area contributed by atoms with Crippen molar-refractivity contribution in [2.75, 3.05) is 0 Å². The molecule has 1 heteroatoms. The fourth-order valence-corrected chi connectivity index (χ4v) is 2.95. The highest BCUT2D eigenvalue weighted by atomic mass is 16.4. The van der Waals surface area contributed by atoms with Crippen LogP contribution in [-0.2, 0) is 4.42 Å². The van der Waals surface area contributed by atoms with E-state index in [0.29, 0.717) is 0 Å². The fraction of sp³-hybridized carbons (Fsp3) is 0. The Hall–Kier alpha value is -3.19. The van der Waals surface area contributed by atoms with E-state index in [1.807, 2.05) is 24.3 Å². The molecule has 0 amide bonds. The van der Waals surface area contributed by atoms with Gasteiger partial charge in [-0.25, -0.2) is 4.42 Å². The highest BCUT2D eigenvalue weighted by molar-refractivity contribution is 5.79. The van der Waals surface area contributed by atoms with Gasteiger partial charge in [-0.2, -0.15) is 0 Å². The maximum absolute atomic E-state index is 5.48. The molecule has 4 rings (SSSR count). The van der Waals surface area contributed by atoms with Gasteiger partial charge in [-0.3, -0.25) is 0 Å². The van der Waals surface area contributed by atoms with Crippen LogP contribution in [0.25, 0.3) is 11.3 Å². The van der Waals surface area contributed by atoms with Gasteiger partial charge in [0.15, 0.2) is 0 Å². The van der Waals surface area contributed by atoms with Crippen molar-refractivity contribution in [3.63, 3.8) is 0 Å². The van der Waals surface area contributed by atoms with Gasteiger partial charge >= 0.3 is 12.0 Å². The monoisotopic (exact) mass is 309 g/mol. The van der Waals surface area contributed by atoms with Crippen LogP contribution >= 0.6 is 0 Å². The first kappa shape index (κ1) is 14.4. The zero-order valence-corrected chi connectivity index (χ0v) is 13.2. The Balaban J connectivity index is 1.96. The van der Waals surface area contributed by atoms with Crippen LogP contribution in [0.4, 0.5) is 0 Å². The molecule has 24 heavy (non-hydrogen) atoms. The summed E-state index contributed by atoms with van der Waals surface area (Å²) in [6.45, 7) is 0. The summed E-state index contributed by atoms with van der Waals surface area (Å²) in [7, 11) is 0. The number of hydrogen-bond donors (Lipinski definition) is 0. The van der Waals surface area contributed by atoms with Crippen LogP contribution in [-0.4, -0.2) is 6.29 Å². The topological polar surface area (TPSA) is 11.3 Å². The molecule has 0 N–H and O–H groups in total. The van der Waals surface area contributed by atoms with E-state index in [1.165, 1.54) is 21.9 Å². The van der Waals surface area contributed by atoms with E-state index >= 15 is 0 Å². The molecule has 0 atom stereocenters. The predicted molar refractivity (Wildman–Crippen MR) is 98.8 cm³/mol. The summed E-state index contributed by atoms with van der Waals surface area (Å²) in [6, 6.07) is 29.6. The Kier molecular flexibility index (Phi) is 3.91. The third kappa shape index (κ3) is 2.84.